The van der Waals surface area contributed by atoms with Crippen molar-refractivity contribution in [2.75, 3.05) is 7.05 Å². The molecule has 0 aromatic heterocycles. The number of hydrazine groups is 1. The SMILES string of the molecule is CN(C1CCc2ccc(C3(N)N=C(N)NN3)cc2CC1)C1CC2CCC1C2. The second-order valence-electron chi connectivity index (χ2n) is 9.14. The summed E-state index contributed by atoms with van der Waals surface area (Å²) in [5, 5.41) is 0. The Labute approximate surface area is 161 Å². The lowest BCUT2D eigenvalue weighted by Crippen LogP contribution is -2.50. The van der Waals surface area contributed by atoms with Crippen molar-refractivity contribution < 1.29 is 0 Å². The Kier molecular flexibility index (Phi) is 4.18. The maximum Gasteiger partial charge on any atom is 0.209 e. The Hall–Kier alpha value is -1.63. The number of hydrogen-bond acceptors (Lipinski definition) is 6. The molecule has 5 unspecified atom stereocenters. The van der Waals surface area contributed by atoms with E-state index in [9.17, 15) is 0 Å². The molecule has 6 nitrogen and oxygen atoms in total. The van der Waals surface area contributed by atoms with Gasteiger partial charge >= 0.3 is 0 Å². The molecule has 2 fully saturated rings. The molecule has 1 aliphatic heterocycles. The molecule has 27 heavy (non-hydrogen) atoms. The second-order valence-corrected chi connectivity index (χ2v) is 9.14. The van der Waals surface area contributed by atoms with Crippen LogP contribution in [0.15, 0.2) is 23.2 Å². The molecule has 1 aromatic carbocycles. The summed E-state index contributed by atoms with van der Waals surface area (Å²) in [6, 6.07) is 8.08. The van der Waals surface area contributed by atoms with Crippen molar-refractivity contribution >= 4 is 5.96 Å². The molecule has 0 saturated heterocycles. The topological polar surface area (TPSA) is 91.7 Å². The molecule has 0 radical (unpaired) electrons. The van der Waals surface area contributed by atoms with Crippen molar-refractivity contribution in [3.05, 3.63) is 34.9 Å². The van der Waals surface area contributed by atoms with Crippen LogP contribution in [-0.4, -0.2) is 30.0 Å². The Morgan fingerprint density at radius 2 is 1.93 bits per heavy atom. The molecule has 1 aromatic rings. The highest BCUT2D eigenvalue weighted by Gasteiger charge is 2.42. The van der Waals surface area contributed by atoms with E-state index in [2.05, 4.69) is 46.0 Å². The molecule has 5 atom stereocenters. The van der Waals surface area contributed by atoms with Gasteiger partial charge in [0.25, 0.3) is 0 Å². The normalized spacial score (nSPS) is 37.8. The monoisotopic (exact) mass is 368 g/mol. The number of guanidine groups is 1. The Bertz CT molecular complexity index is 761. The first-order chi connectivity index (χ1) is 13.0. The first-order valence-electron chi connectivity index (χ1n) is 10.5. The van der Waals surface area contributed by atoms with Crippen molar-refractivity contribution in [2.24, 2.45) is 28.3 Å². The zero-order valence-corrected chi connectivity index (χ0v) is 16.2. The third kappa shape index (κ3) is 3.04. The number of fused-ring (bicyclic) bond motifs is 3. The maximum absolute atomic E-state index is 6.39. The van der Waals surface area contributed by atoms with Crippen LogP contribution in [0.2, 0.25) is 0 Å². The van der Waals surface area contributed by atoms with E-state index < -0.39 is 5.79 Å². The van der Waals surface area contributed by atoms with Crippen LogP contribution < -0.4 is 22.3 Å². The number of aryl methyl sites for hydroxylation is 2. The summed E-state index contributed by atoms with van der Waals surface area (Å²) in [6.07, 6.45) is 10.6. The standard InChI is InChI=1S/C21H32N6/c1-27(19-11-13-2-3-16(19)10-13)18-8-5-14-4-7-17(12-15(14)6-9-18)21(23)24-20(22)25-26-21/h4,7,12-13,16,18-19,26H,2-3,5-6,8-11,23H2,1H3,(H3,22,24,25). The number of hydrogen-bond donors (Lipinski definition) is 4. The third-order valence-corrected chi connectivity index (χ3v) is 7.62. The number of nitrogens with one attached hydrogen (secondary N) is 2. The molecule has 3 aliphatic carbocycles. The minimum atomic E-state index is -0.968. The van der Waals surface area contributed by atoms with Gasteiger partial charge in [-0.2, -0.15) is 5.43 Å². The molecule has 0 spiro atoms. The van der Waals surface area contributed by atoms with Gasteiger partial charge in [-0.05, 0) is 75.0 Å². The molecule has 146 valence electrons. The smallest absolute Gasteiger partial charge is 0.209 e. The lowest BCUT2D eigenvalue weighted by molar-refractivity contribution is 0.115. The number of benzene rings is 1. The summed E-state index contributed by atoms with van der Waals surface area (Å²) in [5.41, 5.74) is 21.8. The summed E-state index contributed by atoms with van der Waals surface area (Å²) in [4.78, 5) is 7.07. The average molecular weight is 369 g/mol. The molecular weight excluding hydrogens is 336 g/mol. The van der Waals surface area contributed by atoms with Crippen LogP contribution in [-0.2, 0) is 18.6 Å². The fourth-order valence-electron chi connectivity index (χ4n) is 6.06. The first kappa shape index (κ1) is 17.5. The lowest BCUT2D eigenvalue weighted by Gasteiger charge is -2.37. The fraction of sp³-hybridized carbons (Fsp3) is 0.667. The van der Waals surface area contributed by atoms with Gasteiger partial charge in [-0.15, -0.1) is 0 Å². The van der Waals surface area contributed by atoms with E-state index in [-0.39, 0.29) is 0 Å². The zero-order valence-electron chi connectivity index (χ0n) is 16.2. The van der Waals surface area contributed by atoms with Gasteiger partial charge in [0.05, 0.1) is 0 Å². The van der Waals surface area contributed by atoms with E-state index in [4.69, 9.17) is 11.5 Å². The van der Waals surface area contributed by atoms with Crippen LogP contribution in [0.3, 0.4) is 0 Å². The van der Waals surface area contributed by atoms with Crippen LogP contribution >= 0.6 is 0 Å². The van der Waals surface area contributed by atoms with Crippen LogP contribution in [0.25, 0.3) is 0 Å². The Balaban J connectivity index is 1.31. The third-order valence-electron chi connectivity index (χ3n) is 7.62. The van der Waals surface area contributed by atoms with Gasteiger partial charge in [0, 0.05) is 17.6 Å². The Morgan fingerprint density at radius 3 is 2.59 bits per heavy atom. The number of aliphatic imine (C=N–C) groups is 1. The quantitative estimate of drug-likeness (QED) is 0.608. The Morgan fingerprint density at radius 1 is 1.11 bits per heavy atom. The molecule has 6 N–H and O–H groups in total. The summed E-state index contributed by atoms with van der Waals surface area (Å²) in [6.45, 7) is 0. The van der Waals surface area contributed by atoms with Gasteiger partial charge in [0.15, 0.2) is 0 Å². The second kappa shape index (κ2) is 6.47. The first-order valence-corrected chi connectivity index (χ1v) is 10.5. The molecule has 1 heterocycles. The van der Waals surface area contributed by atoms with E-state index in [1.54, 1.807) is 0 Å². The van der Waals surface area contributed by atoms with Crippen molar-refractivity contribution in [1.29, 1.82) is 0 Å². The van der Waals surface area contributed by atoms with Crippen molar-refractivity contribution in [3.8, 4) is 0 Å². The highest BCUT2D eigenvalue weighted by molar-refractivity contribution is 5.79. The summed E-state index contributed by atoms with van der Waals surface area (Å²) in [7, 11) is 2.39. The van der Waals surface area contributed by atoms with Crippen LogP contribution in [0.1, 0.15) is 55.2 Å². The van der Waals surface area contributed by atoms with Gasteiger partial charge < -0.3 is 10.6 Å². The molecule has 5 rings (SSSR count). The van der Waals surface area contributed by atoms with Gasteiger partial charge in [-0.3, -0.25) is 11.2 Å². The van der Waals surface area contributed by atoms with Gasteiger partial charge in [0.1, 0.15) is 0 Å². The van der Waals surface area contributed by atoms with E-state index in [0.29, 0.717) is 12.0 Å². The van der Waals surface area contributed by atoms with Crippen LogP contribution in [0, 0.1) is 11.8 Å². The van der Waals surface area contributed by atoms with E-state index >= 15 is 0 Å². The molecule has 4 aliphatic rings. The average Bonchev–Trinajstić information content (AvgIpc) is 3.34. The van der Waals surface area contributed by atoms with Crippen molar-refractivity contribution in [2.45, 2.75) is 69.2 Å². The predicted octanol–water partition coefficient (Wildman–Crippen LogP) is 1.55. The highest BCUT2D eigenvalue weighted by atomic mass is 15.6. The molecule has 2 bridgehead atoms. The molecule has 0 amide bonds. The summed E-state index contributed by atoms with van der Waals surface area (Å²) < 4.78 is 0. The minimum Gasteiger partial charge on any atom is -0.369 e. The van der Waals surface area contributed by atoms with Gasteiger partial charge in [-0.25, -0.2) is 4.99 Å². The maximum atomic E-state index is 6.39. The predicted molar refractivity (Wildman–Crippen MR) is 108 cm³/mol. The van der Waals surface area contributed by atoms with E-state index in [1.807, 2.05) is 0 Å². The van der Waals surface area contributed by atoms with Crippen LogP contribution in [0.4, 0.5) is 0 Å². The molecule has 6 heteroatoms. The zero-order chi connectivity index (χ0) is 18.6. The summed E-state index contributed by atoms with van der Waals surface area (Å²) in [5.74, 6) is 1.33. The number of nitrogens with two attached hydrogens (primary N) is 2. The number of rotatable bonds is 3. The van der Waals surface area contributed by atoms with Crippen molar-refractivity contribution in [3.63, 3.8) is 0 Å². The van der Waals surface area contributed by atoms with Crippen LogP contribution in [0.5, 0.6) is 0 Å². The van der Waals surface area contributed by atoms with Gasteiger partial charge in [-0.1, -0.05) is 24.6 Å². The highest BCUT2D eigenvalue weighted by Crippen LogP contribution is 2.47. The lowest BCUT2D eigenvalue weighted by atomic mass is 9.92. The fourth-order valence-corrected chi connectivity index (χ4v) is 6.06. The number of nitrogens with zero attached hydrogens (tertiary/aromatic N) is 2. The largest absolute Gasteiger partial charge is 0.369 e. The summed E-state index contributed by atoms with van der Waals surface area (Å²) >= 11 is 0. The van der Waals surface area contributed by atoms with Crippen molar-refractivity contribution in [1.82, 2.24) is 15.8 Å². The molecule has 2 saturated carbocycles. The van der Waals surface area contributed by atoms with Gasteiger partial charge in [0.2, 0.25) is 11.7 Å². The van der Waals surface area contributed by atoms with E-state index in [0.717, 1.165) is 36.3 Å². The molecular formula is C21H32N6. The minimum absolute atomic E-state index is 0.333. The van der Waals surface area contributed by atoms with E-state index in [1.165, 1.54) is 49.7 Å².